The smallest absolute Gasteiger partial charge is 0.277 e. The van der Waals surface area contributed by atoms with Crippen LogP contribution < -0.4 is 0 Å². The molecule has 0 amide bonds. The van der Waals surface area contributed by atoms with E-state index in [4.69, 9.17) is 4.42 Å². The number of hydrogen-bond donors (Lipinski definition) is 0. The Morgan fingerprint density at radius 1 is 0.947 bits per heavy atom. The van der Waals surface area contributed by atoms with Crippen LogP contribution in [0, 0.1) is 0 Å². The van der Waals surface area contributed by atoms with E-state index in [9.17, 15) is 0 Å². The summed E-state index contributed by atoms with van der Waals surface area (Å²) in [6, 6.07) is 15.8. The second kappa shape index (κ2) is 5.67. The molecule has 2 aromatic heterocycles. The van der Waals surface area contributed by atoms with Crippen LogP contribution in [0.15, 0.2) is 64.4 Å². The SMILES string of the molecule is c1ccc(CSc2nnc(-c3ccccn3)o2)cc1. The van der Waals surface area contributed by atoms with Gasteiger partial charge in [0.1, 0.15) is 5.69 Å². The molecule has 0 spiro atoms. The third-order valence-electron chi connectivity index (χ3n) is 2.50. The van der Waals surface area contributed by atoms with Crippen molar-refractivity contribution in [3.8, 4) is 11.6 Å². The van der Waals surface area contributed by atoms with Crippen molar-refractivity contribution in [2.24, 2.45) is 0 Å². The van der Waals surface area contributed by atoms with Gasteiger partial charge in [-0.15, -0.1) is 10.2 Å². The molecule has 0 aliphatic heterocycles. The van der Waals surface area contributed by atoms with Crippen molar-refractivity contribution >= 4 is 11.8 Å². The molecule has 4 nitrogen and oxygen atoms in total. The molecule has 0 unspecified atom stereocenters. The Morgan fingerprint density at radius 3 is 2.58 bits per heavy atom. The van der Waals surface area contributed by atoms with Crippen LogP contribution in [0.5, 0.6) is 0 Å². The van der Waals surface area contributed by atoms with Gasteiger partial charge in [0.15, 0.2) is 0 Å². The fourth-order valence-electron chi connectivity index (χ4n) is 1.58. The summed E-state index contributed by atoms with van der Waals surface area (Å²) < 4.78 is 5.57. The van der Waals surface area contributed by atoms with Crippen molar-refractivity contribution in [1.29, 1.82) is 0 Å². The van der Waals surface area contributed by atoms with E-state index in [2.05, 4.69) is 27.3 Å². The normalized spacial score (nSPS) is 10.5. The molecule has 94 valence electrons. The van der Waals surface area contributed by atoms with Gasteiger partial charge in [-0.2, -0.15) is 0 Å². The summed E-state index contributed by atoms with van der Waals surface area (Å²) in [6.07, 6.45) is 1.70. The van der Waals surface area contributed by atoms with E-state index in [1.54, 1.807) is 6.20 Å². The highest BCUT2D eigenvalue weighted by molar-refractivity contribution is 7.98. The molecular formula is C14H11N3OS. The maximum absolute atomic E-state index is 5.57. The number of pyridine rings is 1. The Labute approximate surface area is 114 Å². The van der Waals surface area contributed by atoms with E-state index in [0.29, 0.717) is 16.8 Å². The van der Waals surface area contributed by atoms with Gasteiger partial charge >= 0.3 is 0 Å². The van der Waals surface area contributed by atoms with Gasteiger partial charge in [-0.3, -0.25) is 4.98 Å². The molecule has 0 N–H and O–H groups in total. The van der Waals surface area contributed by atoms with Crippen molar-refractivity contribution in [2.75, 3.05) is 0 Å². The molecule has 0 saturated carbocycles. The highest BCUT2D eigenvalue weighted by atomic mass is 32.2. The molecular weight excluding hydrogens is 258 g/mol. The summed E-state index contributed by atoms with van der Waals surface area (Å²) in [7, 11) is 0. The summed E-state index contributed by atoms with van der Waals surface area (Å²) in [6.45, 7) is 0. The molecule has 0 aliphatic rings. The fraction of sp³-hybridized carbons (Fsp3) is 0.0714. The van der Waals surface area contributed by atoms with Gasteiger partial charge in [-0.25, -0.2) is 0 Å². The lowest BCUT2D eigenvalue weighted by atomic mass is 10.2. The Balaban J connectivity index is 1.69. The first-order valence-electron chi connectivity index (χ1n) is 5.83. The standard InChI is InChI=1S/C14H11N3OS/c1-2-6-11(7-3-1)10-19-14-17-16-13(18-14)12-8-4-5-9-15-12/h1-9H,10H2. The van der Waals surface area contributed by atoms with Crippen LogP contribution in [0.25, 0.3) is 11.6 Å². The second-order valence-corrected chi connectivity index (χ2v) is 4.79. The Hall–Kier alpha value is -2.14. The van der Waals surface area contributed by atoms with Gasteiger partial charge in [0.05, 0.1) is 0 Å². The molecule has 0 fully saturated rings. The molecule has 0 atom stereocenters. The van der Waals surface area contributed by atoms with E-state index in [0.717, 1.165) is 5.75 Å². The quantitative estimate of drug-likeness (QED) is 0.679. The summed E-state index contributed by atoms with van der Waals surface area (Å²) in [5, 5.41) is 8.57. The molecule has 0 aliphatic carbocycles. The van der Waals surface area contributed by atoms with Gasteiger partial charge in [0, 0.05) is 11.9 Å². The number of thioether (sulfide) groups is 1. The number of hydrogen-bond acceptors (Lipinski definition) is 5. The zero-order valence-electron chi connectivity index (χ0n) is 10.1. The maximum atomic E-state index is 5.57. The minimum Gasteiger partial charge on any atom is -0.410 e. The van der Waals surface area contributed by atoms with Crippen molar-refractivity contribution in [3.05, 3.63) is 60.3 Å². The van der Waals surface area contributed by atoms with Gasteiger partial charge < -0.3 is 4.42 Å². The summed E-state index contributed by atoms with van der Waals surface area (Å²) in [5.41, 5.74) is 1.92. The maximum Gasteiger partial charge on any atom is 0.277 e. The van der Waals surface area contributed by atoms with Crippen LogP contribution in [0.2, 0.25) is 0 Å². The van der Waals surface area contributed by atoms with Gasteiger partial charge in [-0.05, 0) is 17.7 Å². The zero-order chi connectivity index (χ0) is 12.9. The topological polar surface area (TPSA) is 51.8 Å². The lowest BCUT2D eigenvalue weighted by Crippen LogP contribution is -1.80. The molecule has 0 radical (unpaired) electrons. The van der Waals surface area contributed by atoms with Gasteiger partial charge in [-0.1, -0.05) is 48.2 Å². The third kappa shape index (κ3) is 3.00. The van der Waals surface area contributed by atoms with E-state index in [1.807, 2.05) is 36.4 Å². The van der Waals surface area contributed by atoms with Gasteiger partial charge in [0.2, 0.25) is 0 Å². The Bertz CT molecular complexity index is 640. The van der Waals surface area contributed by atoms with Crippen LogP contribution in [-0.4, -0.2) is 15.2 Å². The van der Waals surface area contributed by atoms with E-state index in [1.165, 1.54) is 17.3 Å². The van der Waals surface area contributed by atoms with Crippen molar-refractivity contribution in [2.45, 2.75) is 11.0 Å². The molecule has 5 heteroatoms. The number of rotatable bonds is 4. The summed E-state index contributed by atoms with van der Waals surface area (Å²) >= 11 is 1.52. The predicted octanol–water partition coefficient (Wildman–Crippen LogP) is 3.42. The number of aromatic nitrogens is 3. The molecule has 19 heavy (non-hydrogen) atoms. The highest BCUT2D eigenvalue weighted by Crippen LogP contribution is 2.24. The molecule has 1 aromatic carbocycles. The summed E-state index contributed by atoms with van der Waals surface area (Å²) in [4.78, 5) is 4.18. The van der Waals surface area contributed by atoms with E-state index in [-0.39, 0.29) is 0 Å². The van der Waals surface area contributed by atoms with E-state index >= 15 is 0 Å². The first kappa shape index (κ1) is 11.9. The first-order valence-corrected chi connectivity index (χ1v) is 6.82. The number of nitrogens with zero attached hydrogens (tertiary/aromatic N) is 3. The number of benzene rings is 1. The van der Waals surface area contributed by atoms with Crippen LogP contribution >= 0.6 is 11.8 Å². The Morgan fingerprint density at radius 2 is 1.79 bits per heavy atom. The van der Waals surface area contributed by atoms with Crippen LogP contribution in [0.3, 0.4) is 0 Å². The zero-order valence-corrected chi connectivity index (χ0v) is 10.9. The second-order valence-electron chi connectivity index (χ2n) is 3.86. The molecule has 3 rings (SSSR count). The molecule has 2 heterocycles. The van der Waals surface area contributed by atoms with Crippen LogP contribution in [0.1, 0.15) is 5.56 Å². The monoisotopic (exact) mass is 269 g/mol. The van der Waals surface area contributed by atoms with Gasteiger partial charge in [0.25, 0.3) is 11.1 Å². The summed E-state index contributed by atoms with van der Waals surface area (Å²) in [5.74, 6) is 1.26. The predicted molar refractivity (Wildman–Crippen MR) is 73.5 cm³/mol. The highest BCUT2D eigenvalue weighted by Gasteiger charge is 2.09. The van der Waals surface area contributed by atoms with Crippen LogP contribution in [-0.2, 0) is 5.75 Å². The minimum atomic E-state index is 0.455. The lowest BCUT2D eigenvalue weighted by molar-refractivity contribution is 0.464. The largest absolute Gasteiger partial charge is 0.410 e. The van der Waals surface area contributed by atoms with Crippen LogP contribution in [0.4, 0.5) is 0 Å². The third-order valence-corrected chi connectivity index (χ3v) is 3.39. The molecule has 3 aromatic rings. The van der Waals surface area contributed by atoms with Crippen molar-refractivity contribution in [3.63, 3.8) is 0 Å². The Kier molecular flexibility index (Phi) is 3.56. The lowest BCUT2D eigenvalue weighted by Gasteiger charge is -1.96. The molecule has 0 saturated heterocycles. The molecule has 0 bridgehead atoms. The first-order chi connectivity index (χ1) is 9.42. The average Bonchev–Trinajstić information content (AvgIpc) is 2.96. The minimum absolute atomic E-state index is 0.455. The fourth-order valence-corrected chi connectivity index (χ4v) is 2.30. The van der Waals surface area contributed by atoms with Crippen molar-refractivity contribution < 1.29 is 4.42 Å². The van der Waals surface area contributed by atoms with E-state index < -0.39 is 0 Å². The van der Waals surface area contributed by atoms with Crippen molar-refractivity contribution in [1.82, 2.24) is 15.2 Å². The average molecular weight is 269 g/mol.